The summed E-state index contributed by atoms with van der Waals surface area (Å²) < 4.78 is 7.15. The molecule has 3 heterocycles. The average molecular weight is 487 g/mol. The van der Waals surface area contributed by atoms with Crippen LogP contribution < -0.4 is 11.2 Å². The van der Waals surface area contributed by atoms with Crippen LogP contribution in [0, 0.1) is 6.92 Å². The van der Waals surface area contributed by atoms with Crippen molar-refractivity contribution in [2.24, 2.45) is 0 Å². The Bertz CT molecular complexity index is 1670. The van der Waals surface area contributed by atoms with Crippen LogP contribution in [0.15, 0.2) is 73.8 Å². The number of thiophene rings is 1. The van der Waals surface area contributed by atoms with Crippen LogP contribution in [0.25, 0.3) is 26.9 Å². The van der Waals surface area contributed by atoms with Crippen molar-refractivity contribution < 1.29 is 4.42 Å². The summed E-state index contributed by atoms with van der Waals surface area (Å²) in [4.78, 5) is 33.2. The minimum absolute atomic E-state index is 0.00819. The van der Waals surface area contributed by atoms with Crippen LogP contribution in [-0.4, -0.2) is 9.55 Å². The van der Waals surface area contributed by atoms with Gasteiger partial charge in [0.25, 0.3) is 5.56 Å². The summed E-state index contributed by atoms with van der Waals surface area (Å²) >= 11 is 3.13. The Hall–Kier alpha value is -3.16. The van der Waals surface area contributed by atoms with Gasteiger partial charge >= 0.3 is 5.63 Å². The summed E-state index contributed by atoms with van der Waals surface area (Å²) in [6.07, 6.45) is 4.24. The number of aryl methyl sites for hydroxylation is 3. The second-order valence-electron chi connectivity index (χ2n) is 8.64. The molecule has 3 aromatic heterocycles. The van der Waals surface area contributed by atoms with E-state index in [-0.39, 0.29) is 11.2 Å². The highest BCUT2D eigenvalue weighted by atomic mass is 32.2. The fourth-order valence-electron chi connectivity index (χ4n) is 4.69. The number of nitrogens with zero attached hydrogens (tertiary/aromatic N) is 2. The van der Waals surface area contributed by atoms with Gasteiger partial charge in [-0.15, -0.1) is 11.3 Å². The van der Waals surface area contributed by atoms with E-state index in [1.165, 1.54) is 28.3 Å². The second kappa shape index (κ2) is 8.56. The van der Waals surface area contributed by atoms with Crippen molar-refractivity contribution in [3.05, 3.63) is 96.9 Å². The van der Waals surface area contributed by atoms with Crippen molar-refractivity contribution in [1.82, 2.24) is 9.55 Å². The lowest BCUT2D eigenvalue weighted by Crippen LogP contribution is -2.22. The van der Waals surface area contributed by atoms with E-state index >= 15 is 0 Å². The Kier molecular flexibility index (Phi) is 5.38. The fraction of sp³-hybridized carbons (Fsp3) is 0.222. The van der Waals surface area contributed by atoms with Gasteiger partial charge in [-0.3, -0.25) is 9.36 Å². The number of thioether (sulfide) groups is 1. The minimum Gasteiger partial charge on any atom is -0.423 e. The molecule has 0 saturated carbocycles. The van der Waals surface area contributed by atoms with Crippen LogP contribution in [0.5, 0.6) is 0 Å². The molecule has 0 spiro atoms. The molecule has 0 aliphatic heterocycles. The van der Waals surface area contributed by atoms with Crippen LogP contribution in [0.3, 0.4) is 0 Å². The smallest absolute Gasteiger partial charge is 0.336 e. The van der Waals surface area contributed by atoms with Crippen molar-refractivity contribution in [3.8, 4) is 5.69 Å². The zero-order valence-electron chi connectivity index (χ0n) is 18.7. The minimum atomic E-state index is -0.372. The summed E-state index contributed by atoms with van der Waals surface area (Å²) in [5.74, 6) is 0.501. The summed E-state index contributed by atoms with van der Waals surface area (Å²) in [5.41, 5.74) is 4.09. The highest BCUT2D eigenvalue weighted by Crippen LogP contribution is 2.36. The predicted octanol–water partition coefficient (Wildman–Crippen LogP) is 6.03. The first-order chi connectivity index (χ1) is 16.6. The molecule has 1 aliphatic carbocycles. The zero-order valence-corrected chi connectivity index (χ0v) is 20.3. The van der Waals surface area contributed by atoms with E-state index in [4.69, 9.17) is 9.40 Å². The van der Waals surface area contributed by atoms with Gasteiger partial charge in [0, 0.05) is 22.1 Å². The van der Waals surface area contributed by atoms with Crippen molar-refractivity contribution in [2.45, 2.75) is 43.5 Å². The molecule has 0 atom stereocenters. The van der Waals surface area contributed by atoms with Gasteiger partial charge < -0.3 is 4.42 Å². The van der Waals surface area contributed by atoms with Gasteiger partial charge in [0.05, 0.1) is 11.1 Å². The van der Waals surface area contributed by atoms with Gasteiger partial charge in [-0.05, 0) is 67.5 Å². The van der Waals surface area contributed by atoms with E-state index in [1.807, 2.05) is 55.5 Å². The molecule has 2 aromatic carbocycles. The van der Waals surface area contributed by atoms with Gasteiger partial charge in [-0.2, -0.15) is 0 Å². The second-order valence-corrected chi connectivity index (χ2v) is 10.7. The molecule has 5 aromatic rings. The Labute approximate surface area is 204 Å². The molecule has 0 unspecified atom stereocenters. The van der Waals surface area contributed by atoms with Gasteiger partial charge in [0.15, 0.2) is 5.16 Å². The third-order valence-electron chi connectivity index (χ3n) is 6.32. The van der Waals surface area contributed by atoms with Crippen LogP contribution in [0.4, 0.5) is 0 Å². The molecule has 0 saturated heterocycles. The number of hydrogen-bond donors (Lipinski definition) is 0. The number of benzene rings is 2. The molecular weight excluding hydrogens is 464 g/mol. The molecule has 34 heavy (non-hydrogen) atoms. The fourth-order valence-corrected chi connectivity index (χ4v) is 6.99. The van der Waals surface area contributed by atoms with E-state index in [9.17, 15) is 9.59 Å². The maximum absolute atomic E-state index is 13.8. The number of aromatic nitrogens is 2. The monoisotopic (exact) mass is 486 g/mol. The zero-order chi connectivity index (χ0) is 23.2. The van der Waals surface area contributed by atoms with Crippen molar-refractivity contribution in [2.75, 3.05) is 0 Å². The van der Waals surface area contributed by atoms with E-state index in [0.29, 0.717) is 16.5 Å². The molecule has 6 rings (SSSR count). The largest absolute Gasteiger partial charge is 0.423 e. The highest BCUT2D eigenvalue weighted by molar-refractivity contribution is 7.98. The van der Waals surface area contributed by atoms with Crippen molar-refractivity contribution in [1.29, 1.82) is 0 Å². The first-order valence-corrected chi connectivity index (χ1v) is 13.2. The lowest BCUT2D eigenvalue weighted by Gasteiger charge is -2.14. The van der Waals surface area contributed by atoms with E-state index < -0.39 is 0 Å². The molecule has 170 valence electrons. The van der Waals surface area contributed by atoms with E-state index in [2.05, 4.69) is 0 Å². The molecule has 1 aliphatic rings. The standard InChI is InChI=1S/C27H22N2O3S2/c1-16-11-12-19-17(14-23(30)32-21(19)13-16)15-33-27-28-25-24(20-9-5-6-10-22(20)34-25)26(31)29(27)18-7-3-2-4-8-18/h2-4,7-8,11-14H,5-6,9-10,15H2,1H3. The third-order valence-corrected chi connectivity index (χ3v) is 8.49. The molecular formula is C27H22N2O3S2. The average Bonchev–Trinajstić information content (AvgIpc) is 3.21. The van der Waals surface area contributed by atoms with Gasteiger partial charge in [-0.25, -0.2) is 9.78 Å². The summed E-state index contributed by atoms with van der Waals surface area (Å²) in [6, 6.07) is 17.1. The van der Waals surface area contributed by atoms with Crippen LogP contribution >= 0.6 is 23.1 Å². The lowest BCUT2D eigenvalue weighted by atomic mass is 9.97. The summed E-state index contributed by atoms with van der Waals surface area (Å²) in [7, 11) is 0. The van der Waals surface area contributed by atoms with Crippen LogP contribution in [0.1, 0.15) is 34.4 Å². The Balaban J connectivity index is 1.50. The SMILES string of the molecule is Cc1ccc2c(CSc3nc4sc5c(c4c(=O)n3-c3ccccc3)CCCC5)cc(=O)oc2c1. The maximum Gasteiger partial charge on any atom is 0.336 e. The summed E-state index contributed by atoms with van der Waals surface area (Å²) in [5, 5.41) is 2.31. The van der Waals surface area contributed by atoms with Gasteiger partial charge in [-0.1, -0.05) is 42.1 Å². The molecule has 0 amide bonds. The molecule has 5 nitrogen and oxygen atoms in total. The van der Waals surface area contributed by atoms with E-state index in [0.717, 1.165) is 58.1 Å². The normalized spacial score (nSPS) is 13.4. The first-order valence-electron chi connectivity index (χ1n) is 11.4. The van der Waals surface area contributed by atoms with Crippen LogP contribution in [0.2, 0.25) is 0 Å². The first kappa shape index (κ1) is 21.4. The Morgan fingerprint density at radius 2 is 1.88 bits per heavy atom. The Morgan fingerprint density at radius 1 is 1.06 bits per heavy atom. The third kappa shape index (κ3) is 3.69. The number of rotatable bonds is 4. The molecule has 7 heteroatoms. The van der Waals surface area contributed by atoms with Gasteiger partial charge in [0.1, 0.15) is 10.4 Å². The lowest BCUT2D eigenvalue weighted by molar-refractivity contribution is 0.559. The molecule has 0 bridgehead atoms. The maximum atomic E-state index is 13.8. The van der Waals surface area contributed by atoms with Gasteiger partial charge in [0.2, 0.25) is 0 Å². The molecule has 0 fully saturated rings. The molecule has 0 N–H and O–H groups in total. The van der Waals surface area contributed by atoms with E-state index in [1.54, 1.807) is 15.9 Å². The Morgan fingerprint density at radius 3 is 2.74 bits per heavy atom. The quantitative estimate of drug-likeness (QED) is 0.176. The number of fused-ring (bicyclic) bond motifs is 4. The highest BCUT2D eigenvalue weighted by Gasteiger charge is 2.23. The van der Waals surface area contributed by atoms with Crippen LogP contribution in [-0.2, 0) is 18.6 Å². The molecule has 0 radical (unpaired) electrons. The van der Waals surface area contributed by atoms with Crippen molar-refractivity contribution >= 4 is 44.3 Å². The number of hydrogen-bond acceptors (Lipinski definition) is 6. The summed E-state index contributed by atoms with van der Waals surface area (Å²) in [6.45, 7) is 1.97. The topological polar surface area (TPSA) is 65.1 Å². The number of para-hydroxylation sites is 1. The van der Waals surface area contributed by atoms with Crippen molar-refractivity contribution in [3.63, 3.8) is 0 Å². The predicted molar refractivity (Wildman–Crippen MR) is 139 cm³/mol.